The van der Waals surface area contributed by atoms with E-state index in [-0.39, 0.29) is 0 Å². The Balaban J connectivity index is 0.000000119. The highest BCUT2D eigenvalue weighted by molar-refractivity contribution is 7.14. The maximum atomic E-state index is 13.2. The second kappa shape index (κ2) is 33.0. The van der Waals surface area contributed by atoms with Crippen LogP contribution in [0.15, 0.2) is 177 Å². The van der Waals surface area contributed by atoms with Crippen LogP contribution in [0.5, 0.6) is 0 Å². The molecule has 9 fully saturated rings. The third-order valence-electron chi connectivity index (χ3n) is 23.1. The Kier molecular flexibility index (Phi) is 21.2. The van der Waals surface area contributed by atoms with E-state index in [1.54, 1.807) is 22.1 Å². The lowest BCUT2D eigenvalue weighted by molar-refractivity contribution is -0.00877. The molecule has 0 spiro atoms. The van der Waals surface area contributed by atoms with Gasteiger partial charge in [-0.1, -0.05) is 18.2 Å². The minimum atomic E-state index is -0.512. The summed E-state index contributed by atoms with van der Waals surface area (Å²) in [5.74, 6) is 5.30. The van der Waals surface area contributed by atoms with Crippen LogP contribution < -0.4 is 14.7 Å². The highest BCUT2D eigenvalue weighted by Gasteiger charge is 2.47. The summed E-state index contributed by atoms with van der Waals surface area (Å²) in [5.41, 5.74) is 18.9. The number of rotatable bonds is 21. The molecule has 9 aliphatic rings. The molecular formula is C88H89F2N29S. The van der Waals surface area contributed by atoms with E-state index >= 15 is 0 Å². The first kappa shape index (κ1) is 76.9. The van der Waals surface area contributed by atoms with Gasteiger partial charge < -0.3 is 14.7 Å². The van der Waals surface area contributed by atoms with E-state index in [4.69, 9.17) is 29.9 Å². The Morgan fingerprint density at radius 2 is 0.767 bits per heavy atom. The van der Waals surface area contributed by atoms with Crippen molar-refractivity contribution in [3.05, 3.63) is 279 Å². The van der Waals surface area contributed by atoms with E-state index in [2.05, 4.69) is 173 Å². The van der Waals surface area contributed by atoms with Crippen LogP contribution in [0.2, 0.25) is 0 Å². The van der Waals surface area contributed by atoms with Gasteiger partial charge in [0.25, 0.3) is 0 Å². The number of anilines is 3. The average molecular weight is 1620 g/mol. The molecule has 0 aromatic carbocycles. The fraction of sp³-hybridized carbons (Fsp3) is 0.318. The van der Waals surface area contributed by atoms with Crippen LogP contribution in [0.3, 0.4) is 0 Å². The largest absolute Gasteiger partial charge is 0.353 e. The van der Waals surface area contributed by atoms with Crippen LogP contribution in [0.25, 0.3) is 56.5 Å². The minimum Gasteiger partial charge on any atom is -0.353 e. The van der Waals surface area contributed by atoms with Gasteiger partial charge in [-0.05, 0) is 175 Å². The van der Waals surface area contributed by atoms with Crippen molar-refractivity contribution in [1.29, 1.82) is 0 Å². The van der Waals surface area contributed by atoms with Gasteiger partial charge in [0.05, 0.1) is 46.1 Å². The van der Waals surface area contributed by atoms with Crippen molar-refractivity contribution in [1.82, 2.24) is 129 Å². The van der Waals surface area contributed by atoms with E-state index in [0.717, 1.165) is 183 Å². The normalized spacial score (nSPS) is 18.6. The molecule has 29 nitrogen and oxygen atoms in total. The number of pyridine rings is 6. The predicted molar refractivity (Wildman–Crippen MR) is 451 cm³/mol. The Bertz CT molecular complexity index is 5480. The lowest BCUT2D eigenvalue weighted by Crippen LogP contribution is -2.68. The zero-order valence-corrected chi connectivity index (χ0v) is 68.4. The van der Waals surface area contributed by atoms with Gasteiger partial charge in [-0.25, -0.2) is 69.5 Å². The molecule has 6 bridgehead atoms. The van der Waals surface area contributed by atoms with Crippen LogP contribution in [-0.4, -0.2) is 205 Å². The highest BCUT2D eigenvalue weighted by atomic mass is 32.1. The number of hydrogen-bond acceptors (Lipinski definition) is 25. The summed E-state index contributed by atoms with van der Waals surface area (Å²) in [5, 5.41) is 26.8. The summed E-state index contributed by atoms with van der Waals surface area (Å²) < 4.78 is 29.5. The molecule has 606 valence electrons. The van der Waals surface area contributed by atoms with Gasteiger partial charge in [0.15, 0.2) is 23.3 Å². The molecule has 6 atom stereocenters. The lowest BCUT2D eigenvalue weighted by atomic mass is 9.87. The van der Waals surface area contributed by atoms with Crippen molar-refractivity contribution in [3.8, 4) is 56.5 Å². The van der Waals surface area contributed by atoms with Crippen LogP contribution in [-0.2, 0) is 38.9 Å². The molecule has 9 saturated heterocycles. The molecule has 32 heteroatoms. The SMILES string of the molecule is Cc1cc(Cc2cc(C)[nH]n2)nc(-c2ccc(N3CC4CC(C3)N4Cc3ccc(-c4ncc(C)s4)nc3)nc2)n1.Cc1cc(Cc2cc(C)[nH]n2)nc(-c2ccc(N3CC4CC(C3)N4Cc3ccc(-n4ccc(F)n4)nc3)nc2)n1.Cc1cc(Cc2cc(C)[nH]n2)nc(-c2ccc(N3CC4CC(C3)N4Cc3ccc(-n4cnc(F)c4)nc3)nc2)n1. The minimum absolute atomic E-state index is 0.480. The fourth-order valence-electron chi connectivity index (χ4n) is 17.2. The third-order valence-corrected chi connectivity index (χ3v) is 24.0. The molecule has 3 N–H and O–H groups in total. The lowest BCUT2D eigenvalue weighted by Gasteiger charge is -2.56. The van der Waals surface area contributed by atoms with Gasteiger partial charge >= 0.3 is 0 Å². The summed E-state index contributed by atoms with van der Waals surface area (Å²) in [6.45, 7) is 22.4. The topological polar surface area (TPSA) is 309 Å². The summed E-state index contributed by atoms with van der Waals surface area (Å²) in [6, 6.07) is 41.1. The van der Waals surface area contributed by atoms with Crippen LogP contribution in [0.1, 0.15) is 109 Å². The number of H-pyrrole nitrogens is 3. The molecule has 0 aliphatic carbocycles. The Labute approximate surface area is 695 Å². The van der Waals surface area contributed by atoms with Gasteiger partial charge in [0, 0.05) is 226 Å². The van der Waals surface area contributed by atoms with Crippen molar-refractivity contribution in [3.63, 3.8) is 0 Å². The van der Waals surface area contributed by atoms with Gasteiger partial charge in [0.1, 0.15) is 34.6 Å². The zero-order valence-electron chi connectivity index (χ0n) is 67.6. The summed E-state index contributed by atoms with van der Waals surface area (Å²) in [6.07, 6.45) is 23.2. The molecule has 6 unspecified atom stereocenters. The number of imidazole rings is 1. The van der Waals surface area contributed by atoms with Gasteiger partial charge in [-0.15, -0.1) is 16.4 Å². The van der Waals surface area contributed by atoms with E-state index < -0.39 is 11.9 Å². The number of aromatic nitrogens is 23. The molecule has 0 saturated carbocycles. The van der Waals surface area contributed by atoms with Gasteiger partial charge in [-0.2, -0.15) is 24.1 Å². The van der Waals surface area contributed by atoms with Crippen molar-refractivity contribution >= 4 is 28.8 Å². The second-order valence-electron chi connectivity index (χ2n) is 32.3. The van der Waals surface area contributed by atoms with E-state index in [1.807, 2.05) is 133 Å². The number of nitrogens with zero attached hydrogens (tertiary/aromatic N) is 26. The van der Waals surface area contributed by atoms with Crippen LogP contribution >= 0.6 is 11.3 Å². The number of aromatic amines is 3. The number of nitrogens with one attached hydrogen (secondary N) is 3. The number of piperazine rings is 3. The molecule has 9 aliphatic heterocycles. The molecule has 0 amide bonds. The molecule has 15 aromatic rings. The van der Waals surface area contributed by atoms with Gasteiger partial charge in [0.2, 0.25) is 11.9 Å². The quantitative estimate of drug-likeness (QED) is 0.0602. The summed E-state index contributed by atoms with van der Waals surface area (Å²) >= 11 is 1.68. The molecular weight excluding hydrogens is 1530 g/mol. The molecule has 120 heavy (non-hydrogen) atoms. The Morgan fingerprint density at radius 1 is 0.375 bits per heavy atom. The third kappa shape index (κ3) is 17.2. The number of fused-ring (bicyclic) bond motifs is 6. The monoisotopic (exact) mass is 1620 g/mol. The summed E-state index contributed by atoms with van der Waals surface area (Å²) in [4.78, 5) is 80.6. The highest BCUT2D eigenvalue weighted by Crippen LogP contribution is 2.40. The van der Waals surface area contributed by atoms with Crippen molar-refractivity contribution in [2.45, 2.75) is 143 Å². The van der Waals surface area contributed by atoms with E-state index in [0.29, 0.717) is 84.6 Å². The fourth-order valence-corrected chi connectivity index (χ4v) is 18.0. The number of thiazole rings is 1. The average Bonchev–Trinajstić information content (AvgIpc) is 1.26. The number of halogens is 2. The van der Waals surface area contributed by atoms with Crippen LogP contribution in [0, 0.1) is 60.4 Å². The Morgan fingerprint density at radius 3 is 1.08 bits per heavy atom. The van der Waals surface area contributed by atoms with Gasteiger partial charge in [-0.3, -0.25) is 39.5 Å². The second-order valence-corrected chi connectivity index (χ2v) is 33.5. The molecule has 24 heterocycles. The van der Waals surface area contributed by atoms with E-state index in [9.17, 15) is 8.78 Å². The number of piperidine rings is 3. The smallest absolute Gasteiger partial charge is 0.233 e. The Hall–Kier alpha value is -13.0. The maximum absolute atomic E-state index is 13.2. The number of aryl methyl sites for hydroxylation is 7. The first-order chi connectivity index (χ1) is 58.4. The zero-order chi connectivity index (χ0) is 81.6. The number of hydrogen-bond donors (Lipinski definition) is 3. The van der Waals surface area contributed by atoms with Crippen molar-refractivity contribution in [2.75, 3.05) is 54.0 Å². The summed E-state index contributed by atoms with van der Waals surface area (Å²) in [7, 11) is 0. The van der Waals surface area contributed by atoms with E-state index in [1.165, 1.54) is 53.0 Å². The van der Waals surface area contributed by atoms with Crippen molar-refractivity contribution < 1.29 is 8.78 Å². The molecule has 24 rings (SSSR count). The first-order valence-corrected chi connectivity index (χ1v) is 41.4. The first-order valence-electron chi connectivity index (χ1n) is 40.6. The standard InChI is InChI=1S/C30H31N9S.2C29H29FN10/c1-18-8-23(10-24-9-19(2)36-37-24)35-29(34-18)22-5-7-28(32-14-22)38-16-25-11-26(17-38)39(25)15-21-4-6-27(31-13-21)30-33-12-20(3)40-30;1-18-7-22(9-23-8-19(2)36-37-23)35-29(34-18)21-4-6-27(32-12-21)38-14-24-10-25(15-38)40(24)13-20-3-5-28(31-11-20)39-16-26(30)33-17-39;1-18-9-22(11-23-10-19(2)35-36-23)34-29(33-18)21-4-6-27(32-14-21)38-16-24-12-25(17-38)39(24)15-20-3-5-28(31-13-20)40-8-7-26(30)37-40/h4-9,12-14,25-26H,10-11,15-17H2,1-3H3,(H,36,37);3-8,11-12,16-17,24-25H,9-10,13-15H2,1-2H3,(H,36,37);3-10,13-14,24-25H,11-12,15-17H2,1-2H3,(H,35,36). The molecule has 0 radical (unpaired) electrons. The maximum Gasteiger partial charge on any atom is 0.233 e. The van der Waals surface area contributed by atoms with Crippen LogP contribution in [0.4, 0.5) is 26.2 Å². The predicted octanol–water partition coefficient (Wildman–Crippen LogP) is 12.1. The molecule has 15 aromatic heterocycles. The van der Waals surface area contributed by atoms with Crippen molar-refractivity contribution in [2.24, 2.45) is 0 Å².